The summed E-state index contributed by atoms with van der Waals surface area (Å²) in [5, 5.41) is 0. The lowest BCUT2D eigenvalue weighted by Gasteiger charge is -2.30. The highest BCUT2D eigenvalue weighted by atomic mass is 15.1. The molecule has 0 aliphatic heterocycles. The molecule has 1 heteroatoms. The SMILES string of the molecule is Cc1ccc(N(C2=CC=C(C3=CC=CCC3)CC2)c2ccc(-c3ccccc3)cc2)cc1. The van der Waals surface area contributed by atoms with Gasteiger partial charge in [0.1, 0.15) is 0 Å². The number of rotatable bonds is 5. The summed E-state index contributed by atoms with van der Waals surface area (Å²) in [5.41, 5.74) is 10.5. The zero-order valence-corrected chi connectivity index (χ0v) is 18.7. The molecule has 1 nitrogen and oxygen atoms in total. The van der Waals surface area contributed by atoms with Crippen LogP contribution in [-0.2, 0) is 0 Å². The van der Waals surface area contributed by atoms with Crippen molar-refractivity contribution in [2.75, 3.05) is 4.90 Å². The Morgan fingerprint density at radius 2 is 1.25 bits per heavy atom. The van der Waals surface area contributed by atoms with E-state index in [1.54, 1.807) is 0 Å². The fourth-order valence-corrected chi connectivity index (χ4v) is 4.56. The van der Waals surface area contributed by atoms with Gasteiger partial charge in [0.2, 0.25) is 0 Å². The van der Waals surface area contributed by atoms with Crippen molar-refractivity contribution in [1.82, 2.24) is 0 Å². The highest BCUT2D eigenvalue weighted by Crippen LogP contribution is 2.37. The Balaban J connectivity index is 1.50. The molecule has 158 valence electrons. The fraction of sp³-hybridized carbons (Fsp3) is 0.161. The molecule has 0 spiro atoms. The molecule has 0 amide bonds. The number of nitrogens with zero attached hydrogens (tertiary/aromatic N) is 1. The maximum Gasteiger partial charge on any atom is 0.0458 e. The van der Waals surface area contributed by atoms with Gasteiger partial charge in [0.15, 0.2) is 0 Å². The summed E-state index contributed by atoms with van der Waals surface area (Å²) >= 11 is 0. The van der Waals surface area contributed by atoms with Crippen LogP contribution in [0.4, 0.5) is 11.4 Å². The van der Waals surface area contributed by atoms with E-state index in [4.69, 9.17) is 0 Å². The minimum absolute atomic E-state index is 1.04. The van der Waals surface area contributed by atoms with E-state index in [9.17, 15) is 0 Å². The van der Waals surface area contributed by atoms with Gasteiger partial charge in [-0.3, -0.25) is 0 Å². The molecule has 2 aliphatic rings. The second-order valence-corrected chi connectivity index (χ2v) is 8.59. The highest BCUT2D eigenvalue weighted by molar-refractivity contribution is 5.73. The molecule has 0 saturated carbocycles. The summed E-state index contributed by atoms with van der Waals surface area (Å²) in [4.78, 5) is 2.41. The first-order chi connectivity index (χ1) is 15.8. The monoisotopic (exact) mass is 415 g/mol. The van der Waals surface area contributed by atoms with Crippen molar-refractivity contribution < 1.29 is 0 Å². The molecule has 32 heavy (non-hydrogen) atoms. The number of aryl methyl sites for hydroxylation is 1. The van der Waals surface area contributed by atoms with Crippen molar-refractivity contribution in [3.05, 3.63) is 132 Å². The lowest BCUT2D eigenvalue weighted by molar-refractivity contribution is 0.851. The van der Waals surface area contributed by atoms with Crippen LogP contribution >= 0.6 is 0 Å². The second-order valence-electron chi connectivity index (χ2n) is 8.59. The minimum Gasteiger partial charge on any atom is -0.314 e. The first-order valence-corrected chi connectivity index (χ1v) is 11.6. The molecular weight excluding hydrogens is 386 g/mol. The Labute approximate surface area is 191 Å². The molecule has 0 fully saturated rings. The van der Waals surface area contributed by atoms with Crippen molar-refractivity contribution in [2.45, 2.75) is 32.6 Å². The molecule has 0 aromatic heterocycles. The summed E-state index contributed by atoms with van der Waals surface area (Å²) in [5.74, 6) is 0. The van der Waals surface area contributed by atoms with Gasteiger partial charge in [-0.15, -0.1) is 0 Å². The third-order valence-electron chi connectivity index (χ3n) is 6.37. The third-order valence-corrected chi connectivity index (χ3v) is 6.37. The van der Waals surface area contributed by atoms with E-state index in [1.165, 1.54) is 44.9 Å². The number of hydrogen-bond acceptors (Lipinski definition) is 1. The molecule has 3 aromatic rings. The van der Waals surface area contributed by atoms with Gasteiger partial charge in [-0.25, -0.2) is 0 Å². The molecule has 5 rings (SSSR count). The number of benzene rings is 3. The Kier molecular flexibility index (Phi) is 5.89. The molecule has 3 aromatic carbocycles. The normalized spacial score (nSPS) is 15.6. The van der Waals surface area contributed by atoms with Crippen LogP contribution in [-0.4, -0.2) is 0 Å². The molecule has 0 N–H and O–H groups in total. The molecule has 0 saturated heterocycles. The van der Waals surface area contributed by atoms with Crippen LogP contribution < -0.4 is 4.90 Å². The van der Waals surface area contributed by atoms with Gasteiger partial charge in [-0.1, -0.05) is 84.5 Å². The van der Waals surface area contributed by atoms with Gasteiger partial charge in [0, 0.05) is 17.1 Å². The van der Waals surface area contributed by atoms with Gasteiger partial charge in [0.25, 0.3) is 0 Å². The summed E-state index contributed by atoms with van der Waals surface area (Å²) in [6.45, 7) is 2.14. The molecule has 0 radical (unpaired) electrons. The van der Waals surface area contributed by atoms with Gasteiger partial charge in [-0.05, 0) is 85.2 Å². The van der Waals surface area contributed by atoms with Crippen LogP contribution in [0.1, 0.15) is 31.2 Å². The third kappa shape index (κ3) is 4.38. The second kappa shape index (κ2) is 9.28. The van der Waals surface area contributed by atoms with E-state index in [0.717, 1.165) is 25.7 Å². The van der Waals surface area contributed by atoms with E-state index in [2.05, 4.69) is 121 Å². The Bertz CT molecular complexity index is 1190. The molecule has 0 heterocycles. The van der Waals surface area contributed by atoms with Gasteiger partial charge < -0.3 is 4.90 Å². The van der Waals surface area contributed by atoms with Gasteiger partial charge >= 0.3 is 0 Å². The van der Waals surface area contributed by atoms with Crippen molar-refractivity contribution >= 4 is 11.4 Å². The summed E-state index contributed by atoms with van der Waals surface area (Å²) in [7, 11) is 0. The highest BCUT2D eigenvalue weighted by Gasteiger charge is 2.19. The van der Waals surface area contributed by atoms with E-state index in [1.807, 2.05) is 0 Å². The average molecular weight is 416 g/mol. The predicted octanol–water partition coefficient (Wildman–Crippen LogP) is 8.68. The van der Waals surface area contributed by atoms with Crippen LogP contribution in [0.2, 0.25) is 0 Å². The molecule has 2 aliphatic carbocycles. The Hall–Kier alpha value is -3.58. The largest absolute Gasteiger partial charge is 0.314 e. The number of anilines is 2. The molecule has 0 atom stereocenters. The number of hydrogen-bond donors (Lipinski definition) is 0. The van der Waals surface area contributed by atoms with Crippen molar-refractivity contribution in [3.63, 3.8) is 0 Å². The lowest BCUT2D eigenvalue weighted by atomic mass is 9.90. The molecule has 0 bridgehead atoms. The van der Waals surface area contributed by atoms with Crippen molar-refractivity contribution in [2.24, 2.45) is 0 Å². The number of allylic oxidation sites excluding steroid dienone is 8. The smallest absolute Gasteiger partial charge is 0.0458 e. The van der Waals surface area contributed by atoms with E-state index in [-0.39, 0.29) is 0 Å². The van der Waals surface area contributed by atoms with Crippen LogP contribution in [0, 0.1) is 6.92 Å². The zero-order valence-electron chi connectivity index (χ0n) is 18.7. The maximum atomic E-state index is 2.41. The predicted molar refractivity (Wildman–Crippen MR) is 137 cm³/mol. The zero-order chi connectivity index (χ0) is 21.8. The van der Waals surface area contributed by atoms with Crippen LogP contribution in [0.15, 0.2) is 126 Å². The standard InChI is InChI=1S/C31H29N/c1-24-12-18-29(19-13-24)32(30-20-14-27(15-21-30)25-8-4-2-5-9-25)31-22-16-28(17-23-31)26-10-6-3-7-11-26/h2-6,8-10,12-16,18-22H,7,11,17,23H2,1H3. The topological polar surface area (TPSA) is 3.24 Å². The molecular formula is C31H29N. The quantitative estimate of drug-likeness (QED) is 0.403. The van der Waals surface area contributed by atoms with Crippen molar-refractivity contribution in [3.8, 4) is 11.1 Å². The van der Waals surface area contributed by atoms with Crippen LogP contribution in [0.25, 0.3) is 11.1 Å². The lowest BCUT2D eigenvalue weighted by Crippen LogP contribution is -2.18. The van der Waals surface area contributed by atoms with Gasteiger partial charge in [0.05, 0.1) is 0 Å². The maximum absolute atomic E-state index is 2.41. The van der Waals surface area contributed by atoms with Crippen molar-refractivity contribution in [1.29, 1.82) is 0 Å². The Morgan fingerprint density at radius 3 is 1.88 bits per heavy atom. The molecule has 0 unspecified atom stereocenters. The summed E-state index contributed by atoms with van der Waals surface area (Å²) < 4.78 is 0. The van der Waals surface area contributed by atoms with E-state index in [0.29, 0.717) is 0 Å². The van der Waals surface area contributed by atoms with Gasteiger partial charge in [-0.2, -0.15) is 0 Å². The Morgan fingerprint density at radius 1 is 0.594 bits per heavy atom. The van der Waals surface area contributed by atoms with E-state index >= 15 is 0 Å². The summed E-state index contributed by atoms with van der Waals surface area (Å²) in [6.07, 6.45) is 15.9. The first-order valence-electron chi connectivity index (χ1n) is 11.6. The van der Waals surface area contributed by atoms with Crippen LogP contribution in [0.3, 0.4) is 0 Å². The summed E-state index contributed by atoms with van der Waals surface area (Å²) in [6, 6.07) is 28.4. The van der Waals surface area contributed by atoms with E-state index < -0.39 is 0 Å². The minimum atomic E-state index is 1.04. The first kappa shape index (κ1) is 20.3. The van der Waals surface area contributed by atoms with Crippen LogP contribution in [0.5, 0.6) is 0 Å². The fourth-order valence-electron chi connectivity index (χ4n) is 4.56. The average Bonchev–Trinajstić information content (AvgIpc) is 2.87.